The van der Waals surface area contributed by atoms with Crippen molar-refractivity contribution < 1.29 is 8.83 Å². The highest BCUT2D eigenvalue weighted by atomic mass is 16.3. The first-order chi connectivity index (χ1) is 45.2. The zero-order valence-corrected chi connectivity index (χ0v) is 56.3. The molecular weight excluding hydrogens is 1140 g/mol. The van der Waals surface area contributed by atoms with Gasteiger partial charge in [0.25, 0.3) is 0 Å². The van der Waals surface area contributed by atoms with Gasteiger partial charge in [0.2, 0.25) is 0 Å². The summed E-state index contributed by atoms with van der Waals surface area (Å²) in [5, 5.41) is 4.22. The van der Waals surface area contributed by atoms with Crippen molar-refractivity contribution in [1.29, 1.82) is 0 Å². The van der Waals surface area contributed by atoms with Gasteiger partial charge in [0, 0.05) is 78.3 Å². The number of fused-ring (bicyclic) bond motifs is 5. The normalized spacial score (nSPS) is 12.3. The Hall–Kier alpha value is -10.4. The van der Waals surface area contributed by atoms with Gasteiger partial charge < -0.3 is 18.6 Å². The monoisotopic (exact) mass is 1220 g/mol. The molecule has 0 spiro atoms. The molecule has 0 unspecified atom stereocenters. The Morgan fingerprint density at radius 1 is 0.234 bits per heavy atom. The predicted octanol–water partition coefficient (Wildman–Crippen LogP) is 26.5. The molecule has 0 fully saturated rings. The molecule has 0 saturated carbocycles. The summed E-state index contributed by atoms with van der Waals surface area (Å²) in [7, 11) is 0. The summed E-state index contributed by atoms with van der Waals surface area (Å²) in [5.74, 6) is 1.60. The summed E-state index contributed by atoms with van der Waals surface area (Å²) >= 11 is 0. The highest BCUT2D eigenvalue weighted by molar-refractivity contribution is 6.29. The fraction of sp³-hybridized carbons (Fsp3) is 0.178. The molecule has 4 heteroatoms. The largest absolute Gasteiger partial charge is 0.455 e. The van der Waals surface area contributed by atoms with Crippen molar-refractivity contribution in [2.45, 2.75) is 105 Å². The van der Waals surface area contributed by atoms with Crippen LogP contribution < -0.4 is 9.80 Å². The van der Waals surface area contributed by atoms with E-state index in [-0.39, 0.29) is 21.7 Å². The SMILES string of the molecule is CC(C)(C)c1ccc(N(c2ccc(-c3oc4c(-c5ccccc5)cc5c(cc(-c6ccccc6)c6oc(-c7ccc(N(c8ccc(C(C)(C)C)cc8)c8ccc(C(C)(C)C)cc8)cc7)c(-c7ccccc7)c65)c4c3-c3ccccc3)cc2)c2ccc(C(C)(C)C)cc2)cc1. The van der Waals surface area contributed by atoms with E-state index in [1.807, 2.05) is 0 Å². The van der Waals surface area contributed by atoms with E-state index in [4.69, 9.17) is 8.83 Å². The van der Waals surface area contributed by atoms with Crippen LogP contribution in [0, 0.1) is 0 Å². The first-order valence-electron chi connectivity index (χ1n) is 33.1. The average Bonchev–Trinajstić information content (AvgIpc) is 1.51. The second kappa shape index (κ2) is 23.9. The number of nitrogens with zero attached hydrogens (tertiary/aromatic N) is 2. The van der Waals surface area contributed by atoms with E-state index in [0.717, 1.165) is 134 Å². The number of hydrogen-bond acceptors (Lipinski definition) is 4. The first-order valence-corrected chi connectivity index (χ1v) is 33.1. The van der Waals surface area contributed by atoms with E-state index in [1.165, 1.54) is 22.3 Å². The lowest BCUT2D eigenvalue weighted by atomic mass is 9.86. The lowest BCUT2D eigenvalue weighted by Gasteiger charge is -2.28. The zero-order valence-electron chi connectivity index (χ0n) is 56.3. The smallest absolute Gasteiger partial charge is 0.143 e. The Bertz CT molecular complexity index is 4560. The van der Waals surface area contributed by atoms with Crippen molar-refractivity contribution in [3.05, 3.63) is 301 Å². The second-order valence-electron chi connectivity index (χ2n) is 29.4. The lowest BCUT2D eigenvalue weighted by molar-refractivity contribution is 0.590. The van der Waals surface area contributed by atoms with Gasteiger partial charge in [-0.3, -0.25) is 0 Å². The van der Waals surface area contributed by atoms with E-state index in [9.17, 15) is 0 Å². The Morgan fingerprint density at radius 2 is 0.457 bits per heavy atom. The van der Waals surface area contributed by atoms with Crippen molar-refractivity contribution in [2.24, 2.45) is 0 Å². The third-order valence-electron chi connectivity index (χ3n) is 18.7. The van der Waals surface area contributed by atoms with Crippen LogP contribution in [0.5, 0.6) is 0 Å². The topological polar surface area (TPSA) is 32.8 Å². The fourth-order valence-corrected chi connectivity index (χ4v) is 13.4. The van der Waals surface area contributed by atoms with E-state index in [2.05, 4.69) is 372 Å². The van der Waals surface area contributed by atoms with Gasteiger partial charge in [0.15, 0.2) is 0 Å². The summed E-state index contributed by atoms with van der Waals surface area (Å²) in [6.45, 7) is 27.2. The molecule has 14 aromatic rings. The van der Waals surface area contributed by atoms with Gasteiger partial charge in [-0.05, 0) is 186 Å². The van der Waals surface area contributed by atoms with Crippen molar-refractivity contribution in [2.75, 3.05) is 9.80 Å². The van der Waals surface area contributed by atoms with Gasteiger partial charge in [-0.1, -0.05) is 253 Å². The van der Waals surface area contributed by atoms with Crippen molar-refractivity contribution in [3.8, 4) is 67.2 Å². The third-order valence-corrected chi connectivity index (χ3v) is 18.7. The van der Waals surface area contributed by atoms with Crippen LogP contribution in [-0.2, 0) is 21.7 Å². The first kappa shape index (κ1) is 61.1. The molecule has 0 saturated heterocycles. The highest BCUT2D eigenvalue weighted by Crippen LogP contribution is 2.54. The molecule has 0 aliphatic rings. The highest BCUT2D eigenvalue weighted by Gasteiger charge is 2.30. The van der Waals surface area contributed by atoms with Crippen LogP contribution in [-0.4, -0.2) is 0 Å². The molecule has 0 amide bonds. The predicted molar refractivity (Wildman–Crippen MR) is 400 cm³/mol. The summed E-state index contributed by atoms with van der Waals surface area (Å²) in [6.07, 6.45) is 0. The summed E-state index contributed by atoms with van der Waals surface area (Å²) in [4.78, 5) is 4.73. The van der Waals surface area contributed by atoms with Gasteiger partial charge in [-0.2, -0.15) is 0 Å². The Kier molecular flexibility index (Phi) is 15.5. The van der Waals surface area contributed by atoms with Gasteiger partial charge in [0.05, 0.1) is 0 Å². The molecule has 464 valence electrons. The molecule has 0 bridgehead atoms. The molecule has 0 atom stereocenters. The van der Waals surface area contributed by atoms with E-state index >= 15 is 0 Å². The number of anilines is 6. The van der Waals surface area contributed by atoms with Crippen LogP contribution in [0.15, 0.2) is 288 Å². The van der Waals surface area contributed by atoms with Crippen molar-refractivity contribution in [1.82, 2.24) is 0 Å². The van der Waals surface area contributed by atoms with Gasteiger partial charge >= 0.3 is 0 Å². The molecule has 2 heterocycles. The van der Waals surface area contributed by atoms with E-state index in [0.29, 0.717) is 0 Å². The minimum atomic E-state index is 0.0208. The number of furan rings is 2. The second-order valence-corrected chi connectivity index (χ2v) is 29.4. The van der Waals surface area contributed by atoms with E-state index in [1.54, 1.807) is 0 Å². The average molecular weight is 1220 g/mol. The van der Waals surface area contributed by atoms with Crippen LogP contribution in [0.3, 0.4) is 0 Å². The maximum atomic E-state index is 7.63. The summed E-state index contributed by atoms with van der Waals surface area (Å²) in [5.41, 5.74) is 23.6. The minimum Gasteiger partial charge on any atom is -0.455 e. The zero-order chi connectivity index (χ0) is 65.3. The maximum Gasteiger partial charge on any atom is 0.143 e. The van der Waals surface area contributed by atoms with Gasteiger partial charge in [0.1, 0.15) is 22.7 Å². The number of rotatable bonds is 12. The van der Waals surface area contributed by atoms with Crippen molar-refractivity contribution >= 4 is 66.8 Å². The standard InChI is InChI=1S/C90H82N2O2/c1-87(2,3)65-37-49-71(50-38-65)91(72-51-39-66(40-52-72)88(4,5)6)69-45-33-63(34-46-69)83-79(61-29-21-15-22-30-61)81-77-58-76(60-27-19-14-20-28-60)86-82(78(77)57-75(85(81)93-83)59-25-17-13-18-26-59)80(62-31-23-16-24-32-62)84(94-86)64-35-47-70(48-36-64)92(73-53-41-67(42-54-73)89(7,8)9)74-55-43-68(44-56-74)90(10,11)12/h13-58H,1-12H3. The molecule has 94 heavy (non-hydrogen) atoms. The molecule has 2 aromatic heterocycles. The fourth-order valence-electron chi connectivity index (χ4n) is 13.4. The minimum absolute atomic E-state index is 0.0208. The summed E-state index contributed by atoms with van der Waals surface area (Å²) < 4.78 is 15.3. The molecule has 14 rings (SSSR count). The summed E-state index contributed by atoms with van der Waals surface area (Å²) in [6, 6.07) is 102. The molecule has 4 nitrogen and oxygen atoms in total. The van der Waals surface area contributed by atoms with Crippen LogP contribution >= 0.6 is 0 Å². The third kappa shape index (κ3) is 11.6. The van der Waals surface area contributed by atoms with Crippen LogP contribution in [0.25, 0.3) is 99.9 Å². The molecule has 0 aliphatic heterocycles. The Morgan fingerprint density at radius 3 is 0.691 bits per heavy atom. The van der Waals surface area contributed by atoms with E-state index < -0.39 is 0 Å². The van der Waals surface area contributed by atoms with Gasteiger partial charge in [-0.15, -0.1) is 0 Å². The number of benzene rings is 12. The Balaban J connectivity index is 1.00. The molecule has 0 aliphatic carbocycles. The van der Waals surface area contributed by atoms with Crippen LogP contribution in [0.2, 0.25) is 0 Å². The van der Waals surface area contributed by atoms with Crippen molar-refractivity contribution in [3.63, 3.8) is 0 Å². The van der Waals surface area contributed by atoms with Gasteiger partial charge in [-0.25, -0.2) is 0 Å². The Labute approximate surface area is 555 Å². The quantitative estimate of drug-likeness (QED) is 0.122. The maximum absolute atomic E-state index is 7.63. The lowest BCUT2D eigenvalue weighted by Crippen LogP contribution is -2.14. The number of hydrogen-bond donors (Lipinski definition) is 0. The van der Waals surface area contributed by atoms with Crippen LogP contribution in [0.4, 0.5) is 34.1 Å². The molecule has 0 N–H and O–H groups in total. The molecule has 12 aromatic carbocycles. The van der Waals surface area contributed by atoms with Crippen LogP contribution in [0.1, 0.15) is 105 Å². The molecule has 0 radical (unpaired) electrons. The molecular formula is C90H82N2O2.